The molecule has 0 radical (unpaired) electrons. The molecule has 2 aromatic carbocycles. The standard InChI is InChI=1S/C17H14F3N3O2S/c18-17(19,20)26(24,25)16-9-4-2-7-14(16)21-12-13-6-1-3-8-15(13)23-11-5-10-22-23/h1-11,21H,12H2. The topological polar surface area (TPSA) is 64.0 Å². The first-order valence-electron chi connectivity index (χ1n) is 7.53. The summed E-state index contributed by atoms with van der Waals surface area (Å²) >= 11 is 0. The van der Waals surface area contributed by atoms with E-state index in [2.05, 4.69) is 10.4 Å². The monoisotopic (exact) mass is 381 g/mol. The molecule has 1 heterocycles. The highest BCUT2D eigenvalue weighted by molar-refractivity contribution is 7.92. The van der Waals surface area contributed by atoms with E-state index in [-0.39, 0.29) is 12.2 Å². The van der Waals surface area contributed by atoms with Gasteiger partial charge >= 0.3 is 5.51 Å². The van der Waals surface area contributed by atoms with Crippen LogP contribution in [-0.4, -0.2) is 23.7 Å². The molecule has 0 amide bonds. The summed E-state index contributed by atoms with van der Waals surface area (Å²) in [5.41, 5.74) is -3.99. The van der Waals surface area contributed by atoms with Crippen LogP contribution in [0.1, 0.15) is 5.56 Å². The van der Waals surface area contributed by atoms with E-state index in [1.54, 1.807) is 35.3 Å². The highest BCUT2D eigenvalue weighted by Gasteiger charge is 2.47. The van der Waals surface area contributed by atoms with E-state index in [1.165, 1.54) is 18.2 Å². The Morgan fingerprint density at radius 3 is 2.38 bits per heavy atom. The summed E-state index contributed by atoms with van der Waals surface area (Å²) in [6.07, 6.45) is 3.34. The minimum Gasteiger partial charge on any atom is -0.380 e. The minimum atomic E-state index is -5.44. The van der Waals surface area contributed by atoms with Gasteiger partial charge in [0.2, 0.25) is 0 Å². The molecule has 0 saturated carbocycles. The van der Waals surface area contributed by atoms with Crippen molar-refractivity contribution >= 4 is 15.5 Å². The Morgan fingerprint density at radius 1 is 1.00 bits per heavy atom. The first-order chi connectivity index (χ1) is 12.3. The lowest BCUT2D eigenvalue weighted by Gasteiger charge is -2.15. The van der Waals surface area contributed by atoms with E-state index in [9.17, 15) is 21.6 Å². The molecular weight excluding hydrogens is 367 g/mol. The number of nitrogens with one attached hydrogen (secondary N) is 1. The third-order valence-corrected chi connectivity index (χ3v) is 5.24. The van der Waals surface area contributed by atoms with E-state index in [1.807, 2.05) is 12.1 Å². The molecule has 3 aromatic rings. The van der Waals surface area contributed by atoms with Crippen LogP contribution in [0.2, 0.25) is 0 Å². The summed E-state index contributed by atoms with van der Waals surface area (Å²) in [5, 5.41) is 6.93. The van der Waals surface area contributed by atoms with Crippen LogP contribution in [0.15, 0.2) is 71.9 Å². The molecule has 0 fully saturated rings. The predicted octanol–water partition coefficient (Wildman–Crippen LogP) is 3.78. The number of para-hydroxylation sites is 2. The second kappa shape index (κ2) is 6.83. The molecule has 1 N–H and O–H groups in total. The molecule has 3 rings (SSSR count). The second-order valence-corrected chi connectivity index (χ2v) is 7.29. The Bertz CT molecular complexity index is 1000. The van der Waals surface area contributed by atoms with Crippen molar-refractivity contribution in [3.8, 4) is 5.69 Å². The lowest BCUT2D eigenvalue weighted by Crippen LogP contribution is -2.24. The summed E-state index contributed by atoms with van der Waals surface area (Å²) in [5.74, 6) is 0. The number of sulfone groups is 1. The Morgan fingerprint density at radius 2 is 1.69 bits per heavy atom. The normalized spacial score (nSPS) is 12.1. The Kier molecular flexibility index (Phi) is 4.73. The maximum absolute atomic E-state index is 12.9. The van der Waals surface area contributed by atoms with Crippen LogP contribution in [0, 0.1) is 0 Å². The van der Waals surface area contributed by atoms with Crippen molar-refractivity contribution in [2.75, 3.05) is 5.32 Å². The van der Waals surface area contributed by atoms with E-state index in [0.29, 0.717) is 0 Å². The Balaban J connectivity index is 1.92. The van der Waals surface area contributed by atoms with Gasteiger partial charge in [-0.1, -0.05) is 30.3 Å². The van der Waals surface area contributed by atoms with Crippen molar-refractivity contribution in [2.24, 2.45) is 0 Å². The number of alkyl halides is 3. The summed E-state index contributed by atoms with van der Waals surface area (Å²) in [7, 11) is -5.44. The molecule has 0 aliphatic carbocycles. The molecule has 0 spiro atoms. The zero-order chi connectivity index (χ0) is 18.8. The molecule has 0 atom stereocenters. The van der Waals surface area contributed by atoms with Gasteiger partial charge in [-0.3, -0.25) is 0 Å². The largest absolute Gasteiger partial charge is 0.501 e. The van der Waals surface area contributed by atoms with Gasteiger partial charge in [-0.15, -0.1) is 0 Å². The molecule has 26 heavy (non-hydrogen) atoms. The van der Waals surface area contributed by atoms with E-state index in [4.69, 9.17) is 0 Å². The number of hydrogen-bond donors (Lipinski definition) is 1. The van der Waals surface area contributed by atoms with Gasteiger partial charge in [0.25, 0.3) is 9.84 Å². The maximum Gasteiger partial charge on any atom is 0.501 e. The third-order valence-electron chi connectivity index (χ3n) is 3.69. The molecule has 0 bridgehead atoms. The SMILES string of the molecule is O=S(=O)(c1ccccc1NCc1ccccc1-n1cccn1)C(F)(F)F. The number of halogens is 3. The predicted molar refractivity (Wildman–Crippen MR) is 90.6 cm³/mol. The first-order valence-corrected chi connectivity index (χ1v) is 9.01. The molecule has 1 aromatic heterocycles. The van der Waals surface area contributed by atoms with Gasteiger partial charge in [0, 0.05) is 18.9 Å². The molecule has 0 unspecified atom stereocenters. The fraction of sp³-hybridized carbons (Fsp3) is 0.118. The average Bonchev–Trinajstić information content (AvgIpc) is 3.14. The average molecular weight is 381 g/mol. The second-order valence-electron chi connectivity index (χ2n) is 5.38. The molecule has 136 valence electrons. The van der Waals surface area contributed by atoms with Gasteiger partial charge in [0.15, 0.2) is 0 Å². The van der Waals surface area contributed by atoms with Crippen LogP contribution in [0.4, 0.5) is 18.9 Å². The van der Waals surface area contributed by atoms with Gasteiger partial charge in [-0.25, -0.2) is 13.1 Å². The van der Waals surface area contributed by atoms with Crippen LogP contribution in [0.25, 0.3) is 5.69 Å². The molecule has 5 nitrogen and oxygen atoms in total. The summed E-state index contributed by atoms with van der Waals surface area (Å²) < 4.78 is 63.8. The number of aromatic nitrogens is 2. The quantitative estimate of drug-likeness (QED) is 0.731. The number of hydrogen-bond acceptors (Lipinski definition) is 4. The zero-order valence-corrected chi connectivity index (χ0v) is 14.1. The van der Waals surface area contributed by atoms with Crippen LogP contribution < -0.4 is 5.32 Å². The van der Waals surface area contributed by atoms with E-state index < -0.39 is 20.2 Å². The van der Waals surface area contributed by atoms with Gasteiger partial charge in [0.05, 0.1) is 16.3 Å². The molecule has 0 aliphatic rings. The number of benzene rings is 2. The summed E-state index contributed by atoms with van der Waals surface area (Å²) in [6.45, 7) is 0.125. The fourth-order valence-corrected chi connectivity index (χ4v) is 3.39. The fourth-order valence-electron chi connectivity index (χ4n) is 2.46. The summed E-state index contributed by atoms with van der Waals surface area (Å²) in [4.78, 5) is -0.802. The maximum atomic E-state index is 12.9. The number of nitrogens with zero attached hydrogens (tertiary/aromatic N) is 2. The smallest absolute Gasteiger partial charge is 0.380 e. The van der Waals surface area contributed by atoms with Crippen molar-refractivity contribution in [3.63, 3.8) is 0 Å². The number of anilines is 1. The lowest BCUT2D eigenvalue weighted by atomic mass is 10.1. The Labute approximate surface area is 148 Å². The minimum absolute atomic E-state index is 0.111. The zero-order valence-electron chi connectivity index (χ0n) is 13.3. The van der Waals surface area contributed by atoms with Crippen molar-refractivity contribution in [1.29, 1.82) is 0 Å². The first kappa shape index (κ1) is 18.0. The van der Waals surface area contributed by atoms with Gasteiger partial charge in [-0.05, 0) is 29.8 Å². The van der Waals surface area contributed by atoms with Crippen LogP contribution >= 0.6 is 0 Å². The molecule has 9 heteroatoms. The molecule has 0 aliphatic heterocycles. The van der Waals surface area contributed by atoms with E-state index in [0.717, 1.165) is 17.3 Å². The molecular formula is C17H14F3N3O2S. The van der Waals surface area contributed by atoms with Crippen LogP contribution in [0.3, 0.4) is 0 Å². The van der Waals surface area contributed by atoms with Crippen LogP contribution in [0.5, 0.6) is 0 Å². The summed E-state index contributed by atoms with van der Waals surface area (Å²) in [6, 6.07) is 13.9. The lowest BCUT2D eigenvalue weighted by molar-refractivity contribution is -0.0435. The highest BCUT2D eigenvalue weighted by Crippen LogP contribution is 2.34. The highest BCUT2D eigenvalue weighted by atomic mass is 32.2. The van der Waals surface area contributed by atoms with Crippen molar-refractivity contribution < 1.29 is 21.6 Å². The van der Waals surface area contributed by atoms with E-state index >= 15 is 0 Å². The van der Waals surface area contributed by atoms with Crippen molar-refractivity contribution in [3.05, 3.63) is 72.6 Å². The third kappa shape index (κ3) is 3.43. The number of rotatable bonds is 5. The molecule has 0 saturated heterocycles. The van der Waals surface area contributed by atoms with Crippen molar-refractivity contribution in [1.82, 2.24) is 9.78 Å². The van der Waals surface area contributed by atoms with Crippen molar-refractivity contribution in [2.45, 2.75) is 16.9 Å². The van der Waals surface area contributed by atoms with Crippen LogP contribution in [-0.2, 0) is 16.4 Å². The van der Waals surface area contributed by atoms with Gasteiger partial charge in [-0.2, -0.15) is 18.3 Å². The Hall–Kier alpha value is -2.81. The van der Waals surface area contributed by atoms with Gasteiger partial charge < -0.3 is 5.32 Å². The van der Waals surface area contributed by atoms with Gasteiger partial charge in [0.1, 0.15) is 0 Å².